The van der Waals surface area contributed by atoms with E-state index in [4.69, 9.17) is 4.42 Å². The average molecular weight is 272 g/mol. The van der Waals surface area contributed by atoms with E-state index >= 15 is 0 Å². The predicted octanol–water partition coefficient (Wildman–Crippen LogP) is 3.04. The summed E-state index contributed by atoms with van der Waals surface area (Å²) < 4.78 is 36.7. The van der Waals surface area contributed by atoms with Crippen LogP contribution in [0, 0.1) is 6.92 Å². The van der Waals surface area contributed by atoms with E-state index < -0.39 is 6.97 Å². The van der Waals surface area contributed by atoms with Gasteiger partial charge in [0.05, 0.1) is 0 Å². The molecule has 6 heteroatoms. The van der Waals surface area contributed by atoms with Crippen LogP contribution in [0.2, 0.25) is 0 Å². The van der Waals surface area contributed by atoms with Crippen molar-refractivity contribution in [2.45, 2.75) is 6.92 Å². The fourth-order valence-electron chi connectivity index (χ4n) is 2.84. The number of halogens is 2. The van der Waals surface area contributed by atoms with Crippen LogP contribution < -0.4 is 0 Å². The quantitative estimate of drug-likeness (QED) is 0.731. The molecule has 2 aliphatic heterocycles. The normalized spacial score (nSPS) is 19.1. The van der Waals surface area contributed by atoms with E-state index in [0.29, 0.717) is 22.7 Å². The number of fused-ring (bicyclic) bond motifs is 2. The minimum Gasteiger partial charge on any atom is -0.461 e. The summed E-state index contributed by atoms with van der Waals surface area (Å²) in [5.74, 6) is 1.36. The zero-order valence-electron chi connectivity index (χ0n) is 10.8. The molecule has 4 heterocycles. The number of furan rings is 1. The first-order valence-corrected chi connectivity index (χ1v) is 6.40. The minimum absolute atomic E-state index is 0.482. The molecule has 0 bridgehead atoms. The summed E-state index contributed by atoms with van der Waals surface area (Å²) in [5.41, 5.74) is 1.66. The number of aromatic nitrogens is 1. The Hall–Kier alpha value is -2.37. The molecular weight excluding hydrogens is 261 g/mol. The topological polar surface area (TPSA) is 21.1 Å². The molecule has 100 valence electrons. The number of aryl methyl sites for hydroxylation is 1. The van der Waals surface area contributed by atoms with Gasteiger partial charge in [-0.05, 0) is 37.4 Å². The van der Waals surface area contributed by atoms with Crippen molar-refractivity contribution in [3.8, 4) is 0 Å². The molecule has 4 rings (SSSR count). The van der Waals surface area contributed by atoms with Crippen LogP contribution in [0.25, 0.3) is 5.57 Å². The SMILES string of the molecule is Cc1ccc(C2=C3C=CC=[N+]3[B-](F)(F)n3cccc32)o1. The highest BCUT2D eigenvalue weighted by molar-refractivity contribution is 6.57. The van der Waals surface area contributed by atoms with Crippen LogP contribution in [-0.4, -0.2) is 22.1 Å². The highest BCUT2D eigenvalue weighted by Gasteiger charge is 2.51. The maximum Gasteiger partial charge on any atom is 0.737 e. The molecule has 20 heavy (non-hydrogen) atoms. The Balaban J connectivity index is 2.07. The molecule has 2 aromatic rings. The second kappa shape index (κ2) is 3.59. The van der Waals surface area contributed by atoms with Crippen LogP contribution in [0.4, 0.5) is 8.63 Å². The van der Waals surface area contributed by atoms with Crippen LogP contribution in [0.5, 0.6) is 0 Å². The molecule has 0 aliphatic carbocycles. The molecule has 2 aliphatic rings. The molecule has 0 N–H and O–H groups in total. The molecule has 2 aromatic heterocycles. The van der Waals surface area contributed by atoms with Crippen molar-refractivity contribution in [1.29, 1.82) is 0 Å². The zero-order chi connectivity index (χ0) is 13.9. The first-order valence-electron chi connectivity index (χ1n) is 6.40. The Labute approximate surface area is 114 Å². The Kier molecular flexibility index (Phi) is 2.06. The van der Waals surface area contributed by atoms with Crippen LogP contribution in [-0.2, 0) is 0 Å². The molecule has 0 aromatic carbocycles. The van der Waals surface area contributed by atoms with Crippen molar-refractivity contribution >= 4 is 18.8 Å². The maximum absolute atomic E-state index is 14.5. The number of hydrogen-bond acceptors (Lipinski definition) is 1. The van der Waals surface area contributed by atoms with Crippen LogP contribution >= 0.6 is 0 Å². The maximum atomic E-state index is 14.5. The van der Waals surface area contributed by atoms with Gasteiger partial charge in [-0.15, -0.1) is 0 Å². The number of nitrogens with zero attached hydrogens (tertiary/aromatic N) is 2. The van der Waals surface area contributed by atoms with Gasteiger partial charge in [0.1, 0.15) is 23.3 Å². The van der Waals surface area contributed by atoms with Crippen molar-refractivity contribution in [2.75, 3.05) is 0 Å². The first kappa shape index (κ1) is 11.5. The van der Waals surface area contributed by atoms with Crippen LogP contribution in [0.3, 0.4) is 0 Å². The monoisotopic (exact) mass is 272 g/mol. The van der Waals surface area contributed by atoms with Crippen LogP contribution in [0.15, 0.2) is 52.7 Å². The summed E-state index contributed by atoms with van der Waals surface area (Å²) in [6.07, 6.45) is 6.15. The summed E-state index contributed by atoms with van der Waals surface area (Å²) >= 11 is 0. The summed E-state index contributed by atoms with van der Waals surface area (Å²) in [5, 5.41) is 0. The average Bonchev–Trinajstić information content (AvgIpc) is 3.09. The molecule has 0 radical (unpaired) electrons. The molecule has 0 saturated carbocycles. The van der Waals surface area contributed by atoms with Gasteiger partial charge >= 0.3 is 6.97 Å². The lowest BCUT2D eigenvalue weighted by atomic mass is 9.88. The van der Waals surface area contributed by atoms with Gasteiger partial charge < -0.3 is 22.0 Å². The molecule has 0 saturated heterocycles. The van der Waals surface area contributed by atoms with E-state index in [1.807, 2.05) is 19.1 Å². The lowest BCUT2D eigenvalue weighted by Crippen LogP contribution is -2.49. The highest BCUT2D eigenvalue weighted by atomic mass is 19.2. The van der Waals surface area contributed by atoms with E-state index in [1.165, 1.54) is 12.4 Å². The van der Waals surface area contributed by atoms with Gasteiger partial charge in [0.15, 0.2) is 5.70 Å². The highest BCUT2D eigenvalue weighted by Crippen LogP contribution is 2.38. The van der Waals surface area contributed by atoms with Gasteiger partial charge in [0.2, 0.25) is 0 Å². The number of rotatable bonds is 1. The van der Waals surface area contributed by atoms with Crippen molar-refractivity contribution in [3.05, 3.63) is 65.5 Å². The van der Waals surface area contributed by atoms with E-state index in [2.05, 4.69) is 0 Å². The van der Waals surface area contributed by atoms with Crippen LogP contribution in [0.1, 0.15) is 17.2 Å². The summed E-state index contributed by atoms with van der Waals surface area (Å²) in [6.45, 7) is -2.00. The van der Waals surface area contributed by atoms with Gasteiger partial charge in [-0.3, -0.25) is 0 Å². The fraction of sp³-hybridized carbons (Fsp3) is 0.0714. The molecule has 0 spiro atoms. The predicted molar refractivity (Wildman–Crippen MR) is 72.7 cm³/mol. The minimum atomic E-state index is -3.84. The zero-order valence-corrected chi connectivity index (χ0v) is 10.8. The first-order chi connectivity index (χ1) is 9.59. The molecule has 0 amide bonds. The smallest absolute Gasteiger partial charge is 0.461 e. The second-order valence-corrected chi connectivity index (χ2v) is 4.98. The molecule has 0 unspecified atom stereocenters. The fourth-order valence-corrected chi connectivity index (χ4v) is 2.84. The van der Waals surface area contributed by atoms with E-state index in [1.54, 1.807) is 24.3 Å². The third kappa shape index (κ3) is 1.31. The van der Waals surface area contributed by atoms with Gasteiger partial charge in [-0.2, -0.15) is 0 Å². The standard InChI is InChI=1S/C14H11BF2N2O/c1-10-6-7-13(20-10)14-11-4-2-8-18(11)15(16,17)19-9-3-5-12(14)19/h2-9H,1H3. The van der Waals surface area contributed by atoms with Gasteiger partial charge in [-0.25, -0.2) is 0 Å². The second-order valence-electron chi connectivity index (χ2n) is 4.98. The summed E-state index contributed by atoms with van der Waals surface area (Å²) in [7, 11) is 0. The lowest BCUT2D eigenvalue weighted by Gasteiger charge is -2.30. The third-order valence-electron chi connectivity index (χ3n) is 3.73. The van der Waals surface area contributed by atoms with Crippen molar-refractivity contribution in [3.63, 3.8) is 0 Å². The Bertz CT molecular complexity index is 811. The summed E-state index contributed by atoms with van der Waals surface area (Å²) in [4.78, 5) is 0. The largest absolute Gasteiger partial charge is 0.737 e. The molecule has 3 nitrogen and oxygen atoms in total. The number of allylic oxidation sites excluding steroid dienone is 2. The number of hydrogen-bond donors (Lipinski definition) is 0. The van der Waals surface area contributed by atoms with Gasteiger partial charge in [0, 0.05) is 17.8 Å². The van der Waals surface area contributed by atoms with Crippen molar-refractivity contribution < 1.29 is 17.5 Å². The van der Waals surface area contributed by atoms with Gasteiger partial charge in [-0.1, -0.05) is 0 Å². The van der Waals surface area contributed by atoms with Crippen molar-refractivity contribution in [2.24, 2.45) is 0 Å². The molecule has 0 atom stereocenters. The Morgan fingerprint density at radius 2 is 2.10 bits per heavy atom. The van der Waals surface area contributed by atoms with E-state index in [9.17, 15) is 8.63 Å². The Morgan fingerprint density at radius 3 is 2.85 bits per heavy atom. The van der Waals surface area contributed by atoms with Crippen molar-refractivity contribution in [1.82, 2.24) is 4.48 Å². The van der Waals surface area contributed by atoms with Gasteiger partial charge in [0.25, 0.3) is 0 Å². The molecular formula is C14H11BF2N2O. The van der Waals surface area contributed by atoms with E-state index in [0.717, 1.165) is 14.7 Å². The third-order valence-corrected chi connectivity index (χ3v) is 3.73. The van der Waals surface area contributed by atoms with E-state index in [-0.39, 0.29) is 0 Å². The lowest BCUT2D eigenvalue weighted by molar-refractivity contribution is -0.356. The summed E-state index contributed by atoms with van der Waals surface area (Å²) in [6, 6.07) is 6.98. The Morgan fingerprint density at radius 1 is 1.25 bits per heavy atom. The molecule has 0 fully saturated rings.